The first-order valence-corrected chi connectivity index (χ1v) is 11.3. The Morgan fingerprint density at radius 2 is 1.62 bits per heavy atom. The van der Waals surface area contributed by atoms with Gasteiger partial charge in [0.2, 0.25) is 5.91 Å². The fourth-order valence-electron chi connectivity index (χ4n) is 3.65. The van der Waals surface area contributed by atoms with Crippen molar-refractivity contribution < 1.29 is 18.1 Å². The van der Waals surface area contributed by atoms with Gasteiger partial charge in [0.1, 0.15) is 0 Å². The van der Waals surface area contributed by atoms with Crippen LogP contribution in [0.1, 0.15) is 25.7 Å². The number of carbonyl (C=O) groups is 1. The van der Waals surface area contributed by atoms with Gasteiger partial charge in [0, 0.05) is 57.1 Å². The van der Waals surface area contributed by atoms with Crippen LogP contribution in [0.3, 0.4) is 0 Å². The van der Waals surface area contributed by atoms with Gasteiger partial charge in [-0.3, -0.25) is 19.8 Å². The molecule has 2 heterocycles. The molecule has 0 atom stereocenters. The number of hydrogen-bond acceptors (Lipinski definition) is 6. The van der Waals surface area contributed by atoms with Gasteiger partial charge < -0.3 is 5.32 Å². The lowest BCUT2D eigenvalue weighted by Crippen LogP contribution is -2.54. The lowest BCUT2D eigenvalue weighted by atomic mass is 10.2. The van der Waals surface area contributed by atoms with Gasteiger partial charge in [0.25, 0.3) is 15.9 Å². The van der Waals surface area contributed by atoms with Gasteiger partial charge in [-0.2, -0.15) is 17.0 Å². The smallest absolute Gasteiger partial charge is 0.282 e. The Kier molecular flexibility index (Phi) is 7.17. The van der Waals surface area contributed by atoms with Crippen LogP contribution in [0.4, 0.5) is 11.4 Å². The number of anilines is 1. The zero-order valence-corrected chi connectivity index (χ0v) is 17.1. The van der Waals surface area contributed by atoms with Crippen LogP contribution in [0.5, 0.6) is 0 Å². The molecule has 3 rings (SSSR count). The monoisotopic (exact) mass is 425 g/mol. The molecule has 0 radical (unpaired) electrons. The summed E-state index contributed by atoms with van der Waals surface area (Å²) in [6.07, 6.45) is 3.94. The van der Waals surface area contributed by atoms with Gasteiger partial charge in [-0.1, -0.05) is 18.9 Å². The number of nitro benzene ring substituents is 1. The average Bonchev–Trinajstić information content (AvgIpc) is 2.98. The zero-order valence-electron chi connectivity index (χ0n) is 16.3. The second-order valence-electron chi connectivity index (χ2n) is 7.35. The lowest BCUT2D eigenvalue weighted by molar-refractivity contribution is -0.384. The second kappa shape index (κ2) is 9.61. The molecule has 29 heavy (non-hydrogen) atoms. The number of nitrogens with one attached hydrogen (secondary N) is 1. The number of amides is 1. The number of piperazine rings is 1. The second-order valence-corrected chi connectivity index (χ2v) is 9.28. The van der Waals surface area contributed by atoms with Crippen molar-refractivity contribution >= 4 is 27.5 Å². The Hall–Kier alpha value is -2.08. The molecule has 11 heteroatoms. The summed E-state index contributed by atoms with van der Waals surface area (Å²) in [6, 6.07) is 5.78. The highest BCUT2D eigenvalue weighted by molar-refractivity contribution is 7.86. The SMILES string of the molecule is O=C(CN1CCN(S(=O)(=O)N2CCCCCC2)CC1)Nc1cccc([N+](=O)[O-])c1. The number of nitrogens with zero attached hydrogens (tertiary/aromatic N) is 4. The van der Waals surface area contributed by atoms with E-state index in [0.717, 1.165) is 25.7 Å². The van der Waals surface area contributed by atoms with E-state index in [1.54, 1.807) is 10.4 Å². The van der Waals surface area contributed by atoms with Crippen LogP contribution in [-0.2, 0) is 15.0 Å². The minimum absolute atomic E-state index is 0.0878. The quantitative estimate of drug-likeness (QED) is 0.542. The van der Waals surface area contributed by atoms with Crippen LogP contribution < -0.4 is 5.32 Å². The number of carbonyl (C=O) groups excluding carboxylic acids is 1. The third-order valence-corrected chi connectivity index (χ3v) is 7.29. The first kappa shape index (κ1) is 21.6. The lowest BCUT2D eigenvalue weighted by Gasteiger charge is -2.36. The van der Waals surface area contributed by atoms with E-state index in [1.807, 2.05) is 4.90 Å². The van der Waals surface area contributed by atoms with Crippen LogP contribution in [0.15, 0.2) is 24.3 Å². The zero-order chi connectivity index (χ0) is 20.9. The molecular weight excluding hydrogens is 398 g/mol. The fraction of sp³-hybridized carbons (Fsp3) is 0.611. The minimum Gasteiger partial charge on any atom is -0.325 e. The number of benzene rings is 1. The summed E-state index contributed by atoms with van der Waals surface area (Å²) in [5.74, 6) is -0.283. The minimum atomic E-state index is -3.45. The van der Waals surface area contributed by atoms with Crippen molar-refractivity contribution in [3.8, 4) is 0 Å². The summed E-state index contributed by atoms with van der Waals surface area (Å²) in [5, 5.41) is 13.5. The Labute approximate surface area is 170 Å². The first-order chi connectivity index (χ1) is 13.9. The highest BCUT2D eigenvalue weighted by Gasteiger charge is 2.32. The summed E-state index contributed by atoms with van der Waals surface area (Å²) in [7, 11) is -3.45. The molecule has 1 N–H and O–H groups in total. The van der Waals surface area contributed by atoms with E-state index in [0.29, 0.717) is 45.0 Å². The molecule has 160 valence electrons. The molecule has 2 saturated heterocycles. The Bertz CT molecular complexity index is 831. The molecule has 2 fully saturated rings. The van der Waals surface area contributed by atoms with E-state index in [1.165, 1.54) is 22.5 Å². The molecule has 0 bridgehead atoms. The van der Waals surface area contributed by atoms with Crippen LogP contribution in [0, 0.1) is 10.1 Å². The molecule has 1 aromatic rings. The largest absolute Gasteiger partial charge is 0.325 e. The van der Waals surface area contributed by atoms with E-state index in [-0.39, 0.29) is 18.1 Å². The third-order valence-electron chi connectivity index (χ3n) is 5.26. The predicted octanol–water partition coefficient (Wildman–Crippen LogP) is 1.27. The topological polar surface area (TPSA) is 116 Å². The summed E-state index contributed by atoms with van der Waals surface area (Å²) in [6.45, 7) is 2.90. The summed E-state index contributed by atoms with van der Waals surface area (Å²) in [5.41, 5.74) is 0.279. The van der Waals surface area contributed by atoms with Crippen molar-refractivity contribution in [2.24, 2.45) is 0 Å². The van der Waals surface area contributed by atoms with Crippen molar-refractivity contribution in [2.75, 3.05) is 51.1 Å². The number of non-ortho nitro benzene ring substituents is 1. The highest BCUT2D eigenvalue weighted by atomic mass is 32.2. The summed E-state index contributed by atoms with van der Waals surface area (Å²) >= 11 is 0. The Balaban J connectivity index is 1.49. The summed E-state index contributed by atoms with van der Waals surface area (Å²) in [4.78, 5) is 24.5. The van der Waals surface area contributed by atoms with Crippen molar-refractivity contribution in [1.82, 2.24) is 13.5 Å². The van der Waals surface area contributed by atoms with Crippen LogP contribution >= 0.6 is 0 Å². The molecule has 0 saturated carbocycles. The number of nitro groups is 1. The molecule has 0 aliphatic carbocycles. The molecule has 0 unspecified atom stereocenters. The van der Waals surface area contributed by atoms with Gasteiger partial charge in [0.05, 0.1) is 11.5 Å². The standard InChI is InChI=1S/C18H27N5O5S/c24-18(19-16-6-5-7-17(14-16)23(25)26)15-20-10-12-22(13-11-20)29(27,28)21-8-3-1-2-4-9-21/h5-7,14H,1-4,8-13,15H2,(H,19,24). The maximum atomic E-state index is 12.8. The number of hydrogen-bond donors (Lipinski definition) is 1. The predicted molar refractivity (Wildman–Crippen MR) is 109 cm³/mol. The van der Waals surface area contributed by atoms with E-state index in [2.05, 4.69) is 5.32 Å². The number of rotatable bonds is 6. The van der Waals surface area contributed by atoms with Crippen molar-refractivity contribution in [3.63, 3.8) is 0 Å². The van der Waals surface area contributed by atoms with Gasteiger partial charge in [-0.25, -0.2) is 0 Å². The van der Waals surface area contributed by atoms with E-state index < -0.39 is 15.1 Å². The molecule has 10 nitrogen and oxygen atoms in total. The van der Waals surface area contributed by atoms with Gasteiger partial charge >= 0.3 is 0 Å². The van der Waals surface area contributed by atoms with Gasteiger partial charge in [-0.05, 0) is 18.9 Å². The molecule has 0 spiro atoms. The molecule has 0 aromatic heterocycles. The molecule has 2 aliphatic heterocycles. The maximum Gasteiger partial charge on any atom is 0.282 e. The normalized spacial score (nSPS) is 20.1. The van der Waals surface area contributed by atoms with E-state index in [9.17, 15) is 23.3 Å². The molecule has 2 aliphatic rings. The first-order valence-electron chi connectivity index (χ1n) is 9.88. The Morgan fingerprint density at radius 3 is 2.24 bits per heavy atom. The van der Waals surface area contributed by atoms with Gasteiger partial charge in [0.15, 0.2) is 0 Å². The van der Waals surface area contributed by atoms with E-state index >= 15 is 0 Å². The fourth-order valence-corrected chi connectivity index (χ4v) is 5.33. The highest BCUT2D eigenvalue weighted by Crippen LogP contribution is 2.19. The maximum absolute atomic E-state index is 12.8. The van der Waals surface area contributed by atoms with Crippen LogP contribution in [-0.4, -0.2) is 78.6 Å². The molecular formula is C18H27N5O5S. The van der Waals surface area contributed by atoms with E-state index in [4.69, 9.17) is 0 Å². The third kappa shape index (κ3) is 5.72. The van der Waals surface area contributed by atoms with Gasteiger partial charge in [-0.15, -0.1) is 0 Å². The van der Waals surface area contributed by atoms with Crippen LogP contribution in [0.25, 0.3) is 0 Å². The molecule has 1 aromatic carbocycles. The van der Waals surface area contributed by atoms with Crippen molar-refractivity contribution in [3.05, 3.63) is 34.4 Å². The average molecular weight is 426 g/mol. The Morgan fingerprint density at radius 1 is 1.00 bits per heavy atom. The van der Waals surface area contributed by atoms with Crippen molar-refractivity contribution in [1.29, 1.82) is 0 Å². The van der Waals surface area contributed by atoms with Crippen molar-refractivity contribution in [2.45, 2.75) is 25.7 Å². The van der Waals surface area contributed by atoms with Crippen LogP contribution in [0.2, 0.25) is 0 Å². The molecule has 1 amide bonds. The summed E-state index contributed by atoms with van der Waals surface area (Å²) < 4.78 is 28.8.